The number of hydrogen-bond acceptors (Lipinski definition) is 3. The predicted molar refractivity (Wildman–Crippen MR) is 109 cm³/mol. The number of hydrogen-bond donors (Lipinski definition) is 1. The monoisotopic (exact) mass is 366 g/mol. The van der Waals surface area contributed by atoms with Crippen LogP contribution in [0.15, 0.2) is 48.5 Å². The van der Waals surface area contributed by atoms with E-state index >= 15 is 0 Å². The van der Waals surface area contributed by atoms with E-state index in [2.05, 4.69) is 36.5 Å². The van der Waals surface area contributed by atoms with Crippen LogP contribution in [0.3, 0.4) is 0 Å². The molecule has 1 N–H and O–H groups in total. The molecule has 0 unspecified atom stereocenters. The summed E-state index contributed by atoms with van der Waals surface area (Å²) in [5.41, 5.74) is 4.44. The highest BCUT2D eigenvalue weighted by molar-refractivity contribution is 5.94. The summed E-state index contributed by atoms with van der Waals surface area (Å²) >= 11 is 0. The normalized spacial score (nSPS) is 16.9. The maximum atomic E-state index is 13.1. The Hall–Kier alpha value is -2.17. The zero-order chi connectivity index (χ0) is 19.1. The fourth-order valence-corrected chi connectivity index (χ4v) is 3.66. The van der Waals surface area contributed by atoms with Gasteiger partial charge in [0.25, 0.3) is 5.91 Å². The number of rotatable bonds is 7. The van der Waals surface area contributed by atoms with Crippen molar-refractivity contribution in [1.82, 2.24) is 10.2 Å². The lowest BCUT2D eigenvalue weighted by Gasteiger charge is -2.25. The fraction of sp³-hybridized carbons (Fsp3) is 0.435. The molecule has 0 bridgehead atoms. The Kier molecular flexibility index (Phi) is 7.02. The highest BCUT2D eigenvalue weighted by Crippen LogP contribution is 2.24. The number of ether oxygens (including phenoxy) is 1. The van der Waals surface area contributed by atoms with Gasteiger partial charge in [0.1, 0.15) is 0 Å². The van der Waals surface area contributed by atoms with Gasteiger partial charge in [-0.05, 0) is 61.1 Å². The summed E-state index contributed by atoms with van der Waals surface area (Å²) < 4.78 is 5.22. The second-order valence-electron chi connectivity index (χ2n) is 7.31. The Balaban J connectivity index is 1.73. The van der Waals surface area contributed by atoms with E-state index in [0.29, 0.717) is 25.6 Å². The first-order chi connectivity index (χ1) is 13.2. The molecule has 1 aliphatic heterocycles. The first-order valence-corrected chi connectivity index (χ1v) is 9.82. The minimum atomic E-state index is 0.0589. The van der Waals surface area contributed by atoms with Gasteiger partial charge in [-0.25, -0.2) is 0 Å². The lowest BCUT2D eigenvalue weighted by atomic mass is 9.91. The number of carbonyl (C=O) groups is 1. The van der Waals surface area contributed by atoms with E-state index in [1.54, 1.807) is 7.11 Å². The molecule has 1 fully saturated rings. The Bertz CT molecular complexity index is 736. The molecular weight excluding hydrogens is 336 g/mol. The van der Waals surface area contributed by atoms with Crippen LogP contribution < -0.4 is 5.32 Å². The predicted octanol–water partition coefficient (Wildman–Crippen LogP) is 3.75. The van der Waals surface area contributed by atoms with Gasteiger partial charge in [-0.3, -0.25) is 4.79 Å². The molecule has 4 heteroatoms. The highest BCUT2D eigenvalue weighted by Gasteiger charge is 2.19. The van der Waals surface area contributed by atoms with Gasteiger partial charge in [0.2, 0.25) is 0 Å². The molecule has 1 heterocycles. The fourth-order valence-electron chi connectivity index (χ4n) is 3.66. The van der Waals surface area contributed by atoms with Crippen LogP contribution in [0, 0.1) is 6.92 Å². The molecule has 144 valence electrons. The summed E-state index contributed by atoms with van der Waals surface area (Å²) in [5, 5.41) is 3.46. The summed E-state index contributed by atoms with van der Waals surface area (Å²) in [6.45, 7) is 5.94. The molecule has 1 amide bonds. The SMILES string of the molecule is COCCN(Cc1ccccc1C)C(=O)c1ccc([C@H]2CCCNC2)cc1. The van der Waals surface area contributed by atoms with Gasteiger partial charge >= 0.3 is 0 Å². The van der Waals surface area contributed by atoms with Gasteiger partial charge in [-0.15, -0.1) is 0 Å². The van der Waals surface area contributed by atoms with Crippen LogP contribution in [-0.4, -0.2) is 44.2 Å². The minimum Gasteiger partial charge on any atom is -0.383 e. The van der Waals surface area contributed by atoms with Crippen molar-refractivity contribution in [3.63, 3.8) is 0 Å². The maximum Gasteiger partial charge on any atom is 0.254 e. The quantitative estimate of drug-likeness (QED) is 0.811. The second kappa shape index (κ2) is 9.67. The van der Waals surface area contributed by atoms with Crippen LogP contribution in [0.2, 0.25) is 0 Å². The molecule has 0 aliphatic carbocycles. The molecule has 27 heavy (non-hydrogen) atoms. The van der Waals surface area contributed by atoms with Crippen molar-refractivity contribution in [3.8, 4) is 0 Å². The minimum absolute atomic E-state index is 0.0589. The van der Waals surface area contributed by atoms with Crippen LogP contribution in [-0.2, 0) is 11.3 Å². The molecule has 0 aromatic heterocycles. The molecule has 0 radical (unpaired) electrons. The number of benzene rings is 2. The van der Waals surface area contributed by atoms with Crippen molar-refractivity contribution in [3.05, 3.63) is 70.8 Å². The van der Waals surface area contributed by atoms with Crippen molar-refractivity contribution in [2.24, 2.45) is 0 Å². The standard InChI is InChI=1S/C23H30N2O2/c1-18-6-3-4-7-22(18)17-25(14-15-27-2)23(26)20-11-9-19(10-12-20)21-8-5-13-24-16-21/h3-4,6-7,9-12,21,24H,5,8,13-17H2,1-2H3/t21-/m0/s1. The molecule has 1 atom stereocenters. The zero-order valence-electron chi connectivity index (χ0n) is 16.4. The number of nitrogens with one attached hydrogen (secondary N) is 1. The molecular formula is C23H30N2O2. The number of aryl methyl sites for hydroxylation is 1. The molecule has 2 aromatic carbocycles. The largest absolute Gasteiger partial charge is 0.383 e. The average molecular weight is 367 g/mol. The summed E-state index contributed by atoms with van der Waals surface area (Å²) in [4.78, 5) is 15.0. The van der Waals surface area contributed by atoms with Gasteiger partial charge in [-0.1, -0.05) is 36.4 Å². The molecule has 2 aromatic rings. The van der Waals surface area contributed by atoms with Crippen LogP contribution in [0.4, 0.5) is 0 Å². The number of nitrogens with zero attached hydrogens (tertiary/aromatic N) is 1. The van der Waals surface area contributed by atoms with Gasteiger partial charge < -0.3 is 15.0 Å². The van der Waals surface area contributed by atoms with E-state index in [1.807, 2.05) is 29.2 Å². The lowest BCUT2D eigenvalue weighted by molar-refractivity contribution is 0.0680. The Morgan fingerprint density at radius 3 is 2.63 bits per heavy atom. The van der Waals surface area contributed by atoms with Gasteiger partial charge in [-0.2, -0.15) is 0 Å². The Morgan fingerprint density at radius 1 is 1.19 bits per heavy atom. The van der Waals surface area contributed by atoms with E-state index in [0.717, 1.165) is 18.7 Å². The van der Waals surface area contributed by atoms with Crippen LogP contribution in [0.25, 0.3) is 0 Å². The first-order valence-electron chi connectivity index (χ1n) is 9.82. The third-order valence-electron chi connectivity index (χ3n) is 5.40. The Labute approximate surface area is 162 Å². The van der Waals surface area contributed by atoms with Crippen molar-refractivity contribution in [2.75, 3.05) is 33.4 Å². The van der Waals surface area contributed by atoms with Crippen LogP contribution in [0.5, 0.6) is 0 Å². The van der Waals surface area contributed by atoms with Crippen molar-refractivity contribution in [2.45, 2.75) is 32.2 Å². The highest BCUT2D eigenvalue weighted by atomic mass is 16.5. The smallest absolute Gasteiger partial charge is 0.254 e. The maximum absolute atomic E-state index is 13.1. The van der Waals surface area contributed by atoms with Gasteiger partial charge in [0.05, 0.1) is 6.61 Å². The average Bonchev–Trinajstić information content (AvgIpc) is 2.72. The summed E-state index contributed by atoms with van der Waals surface area (Å²) in [7, 11) is 1.67. The first kappa shape index (κ1) is 19.6. The number of amides is 1. The third-order valence-corrected chi connectivity index (χ3v) is 5.40. The molecule has 0 spiro atoms. The molecule has 0 saturated carbocycles. The van der Waals surface area contributed by atoms with E-state index in [9.17, 15) is 4.79 Å². The molecule has 3 rings (SSSR count). The zero-order valence-corrected chi connectivity index (χ0v) is 16.4. The third kappa shape index (κ3) is 5.18. The van der Waals surface area contributed by atoms with Crippen LogP contribution in [0.1, 0.15) is 45.8 Å². The van der Waals surface area contributed by atoms with Crippen molar-refractivity contribution in [1.29, 1.82) is 0 Å². The molecule has 1 aliphatic rings. The summed E-state index contributed by atoms with van der Waals surface area (Å²) in [5.74, 6) is 0.614. The van der Waals surface area contributed by atoms with E-state index in [1.165, 1.54) is 29.5 Å². The van der Waals surface area contributed by atoms with Crippen molar-refractivity contribution >= 4 is 5.91 Å². The molecule has 1 saturated heterocycles. The number of methoxy groups -OCH3 is 1. The van der Waals surface area contributed by atoms with Gasteiger partial charge in [0.15, 0.2) is 0 Å². The van der Waals surface area contributed by atoms with E-state index in [-0.39, 0.29) is 5.91 Å². The summed E-state index contributed by atoms with van der Waals surface area (Å²) in [6.07, 6.45) is 2.43. The Morgan fingerprint density at radius 2 is 1.96 bits per heavy atom. The topological polar surface area (TPSA) is 41.6 Å². The summed E-state index contributed by atoms with van der Waals surface area (Å²) in [6, 6.07) is 16.4. The van der Waals surface area contributed by atoms with Crippen LogP contribution >= 0.6 is 0 Å². The number of carbonyl (C=O) groups excluding carboxylic acids is 1. The number of piperidine rings is 1. The second-order valence-corrected chi connectivity index (χ2v) is 7.31. The van der Waals surface area contributed by atoms with Crippen molar-refractivity contribution < 1.29 is 9.53 Å². The van der Waals surface area contributed by atoms with E-state index in [4.69, 9.17) is 4.74 Å². The van der Waals surface area contributed by atoms with Gasteiger partial charge in [0, 0.05) is 32.3 Å². The lowest BCUT2D eigenvalue weighted by Crippen LogP contribution is -2.33. The van der Waals surface area contributed by atoms with E-state index < -0.39 is 0 Å². The molecule has 4 nitrogen and oxygen atoms in total.